The van der Waals surface area contributed by atoms with Crippen molar-refractivity contribution in [2.45, 2.75) is 31.2 Å². The van der Waals surface area contributed by atoms with Gasteiger partial charge in [0.2, 0.25) is 5.91 Å². The summed E-state index contributed by atoms with van der Waals surface area (Å²) >= 11 is 0. The van der Waals surface area contributed by atoms with Crippen LogP contribution >= 0.6 is 0 Å². The van der Waals surface area contributed by atoms with Crippen LogP contribution in [0, 0.1) is 5.92 Å². The van der Waals surface area contributed by atoms with E-state index >= 15 is 0 Å². The van der Waals surface area contributed by atoms with Crippen LogP contribution in [0.1, 0.15) is 30.7 Å². The number of nitrogens with one attached hydrogen (secondary N) is 1. The van der Waals surface area contributed by atoms with E-state index in [1.165, 1.54) is 11.6 Å². The molecule has 0 aromatic carbocycles. The SMILES string of the molecule is C=CC(=O)N1CC[C@H]2CN(c3ncnc4[nH]cc(C5CCOCC5)c34)C[C@H]21. The van der Waals surface area contributed by atoms with Crippen molar-refractivity contribution in [3.8, 4) is 0 Å². The molecule has 0 aliphatic carbocycles. The van der Waals surface area contributed by atoms with E-state index in [9.17, 15) is 4.79 Å². The van der Waals surface area contributed by atoms with E-state index in [-0.39, 0.29) is 11.9 Å². The van der Waals surface area contributed by atoms with Crippen LogP contribution < -0.4 is 4.90 Å². The second-order valence-electron chi connectivity index (χ2n) is 7.81. The lowest BCUT2D eigenvalue weighted by Gasteiger charge is -2.26. The molecule has 3 saturated heterocycles. The summed E-state index contributed by atoms with van der Waals surface area (Å²) in [5.41, 5.74) is 2.21. The number of carbonyl (C=O) groups excluding carboxylic acids is 1. The van der Waals surface area contributed by atoms with Gasteiger partial charge in [0, 0.05) is 45.0 Å². The van der Waals surface area contributed by atoms with Crippen LogP contribution in [0.5, 0.6) is 0 Å². The largest absolute Gasteiger partial charge is 0.381 e. The first-order valence-corrected chi connectivity index (χ1v) is 9.84. The number of nitrogens with zero attached hydrogens (tertiary/aromatic N) is 4. The number of carbonyl (C=O) groups is 1. The molecule has 3 aliphatic heterocycles. The van der Waals surface area contributed by atoms with Gasteiger partial charge in [0.25, 0.3) is 0 Å². The average Bonchev–Trinajstić information content (AvgIpc) is 3.41. The quantitative estimate of drug-likeness (QED) is 0.841. The van der Waals surface area contributed by atoms with E-state index in [0.29, 0.717) is 11.8 Å². The highest BCUT2D eigenvalue weighted by atomic mass is 16.5. The number of H-pyrrole nitrogens is 1. The molecule has 7 nitrogen and oxygen atoms in total. The van der Waals surface area contributed by atoms with Crippen molar-refractivity contribution in [3.05, 3.63) is 30.7 Å². The Bertz CT molecular complexity index is 872. The van der Waals surface area contributed by atoms with E-state index in [1.807, 2.05) is 4.90 Å². The summed E-state index contributed by atoms with van der Waals surface area (Å²) < 4.78 is 5.54. The molecule has 3 aliphatic rings. The van der Waals surface area contributed by atoms with Crippen molar-refractivity contribution < 1.29 is 9.53 Å². The normalized spacial score (nSPS) is 25.9. The standard InChI is InChI=1S/C20H25N5O2/c1-2-17(26)25-6-3-14-10-24(11-16(14)25)20-18-15(13-4-7-27-8-5-13)9-21-19(18)22-12-23-20/h2,9,12-14,16H,1,3-8,10-11H2,(H,21,22,23)/t14-,16+/m0/s1. The van der Waals surface area contributed by atoms with Crippen LogP contribution in [0.15, 0.2) is 25.2 Å². The number of hydrogen-bond acceptors (Lipinski definition) is 5. The molecule has 0 radical (unpaired) electrons. The predicted molar refractivity (Wildman–Crippen MR) is 103 cm³/mol. The Morgan fingerprint density at radius 1 is 1.26 bits per heavy atom. The Kier molecular flexibility index (Phi) is 4.11. The highest BCUT2D eigenvalue weighted by molar-refractivity contribution is 5.92. The molecular weight excluding hydrogens is 342 g/mol. The molecule has 0 bridgehead atoms. The van der Waals surface area contributed by atoms with Gasteiger partial charge in [-0.25, -0.2) is 9.97 Å². The molecule has 1 N–H and O–H groups in total. The lowest BCUT2D eigenvalue weighted by Crippen LogP contribution is -2.38. The van der Waals surface area contributed by atoms with Crippen LogP contribution in [-0.2, 0) is 9.53 Å². The van der Waals surface area contributed by atoms with Gasteiger partial charge in [-0.05, 0) is 36.8 Å². The predicted octanol–water partition coefficient (Wildman–Crippen LogP) is 2.07. The zero-order valence-electron chi connectivity index (χ0n) is 15.4. The number of likely N-dealkylation sites (tertiary alicyclic amines) is 1. The highest BCUT2D eigenvalue weighted by Crippen LogP contribution is 2.39. The molecule has 2 aromatic rings. The van der Waals surface area contributed by atoms with Gasteiger partial charge in [0.05, 0.1) is 11.4 Å². The van der Waals surface area contributed by atoms with Gasteiger partial charge in [-0.2, -0.15) is 0 Å². The number of amides is 1. The zero-order chi connectivity index (χ0) is 18.4. The average molecular weight is 367 g/mol. The molecule has 27 heavy (non-hydrogen) atoms. The minimum Gasteiger partial charge on any atom is -0.381 e. The summed E-state index contributed by atoms with van der Waals surface area (Å²) in [6, 6.07) is 0.256. The maximum Gasteiger partial charge on any atom is 0.246 e. The van der Waals surface area contributed by atoms with Crippen LogP contribution in [-0.4, -0.2) is 64.6 Å². The molecular formula is C20H25N5O2. The van der Waals surface area contributed by atoms with E-state index in [4.69, 9.17) is 4.74 Å². The van der Waals surface area contributed by atoms with Crippen molar-refractivity contribution in [2.75, 3.05) is 37.7 Å². The first-order valence-electron chi connectivity index (χ1n) is 9.84. The Morgan fingerprint density at radius 3 is 2.93 bits per heavy atom. The number of aromatic amines is 1. The number of fused-ring (bicyclic) bond motifs is 2. The summed E-state index contributed by atoms with van der Waals surface area (Å²) in [7, 11) is 0. The molecule has 5 heterocycles. The van der Waals surface area contributed by atoms with Gasteiger partial charge < -0.3 is 19.5 Å². The Labute approximate surface area is 158 Å². The molecule has 0 saturated carbocycles. The maximum atomic E-state index is 12.2. The number of hydrogen-bond donors (Lipinski definition) is 1. The smallest absolute Gasteiger partial charge is 0.246 e. The summed E-state index contributed by atoms with van der Waals surface area (Å²) in [5, 5.41) is 1.14. The van der Waals surface area contributed by atoms with Gasteiger partial charge >= 0.3 is 0 Å². The second kappa shape index (κ2) is 6.64. The van der Waals surface area contributed by atoms with Crippen LogP contribution in [0.4, 0.5) is 5.82 Å². The molecule has 142 valence electrons. The zero-order valence-corrected chi connectivity index (χ0v) is 15.4. The molecule has 7 heteroatoms. The summed E-state index contributed by atoms with van der Waals surface area (Å²) in [5.74, 6) is 2.03. The Morgan fingerprint density at radius 2 is 2.11 bits per heavy atom. The van der Waals surface area contributed by atoms with Crippen molar-refractivity contribution in [1.29, 1.82) is 0 Å². The summed E-state index contributed by atoms with van der Waals surface area (Å²) in [6.07, 6.45) is 8.30. The number of aromatic nitrogens is 3. The third-order valence-electron chi connectivity index (χ3n) is 6.45. The summed E-state index contributed by atoms with van der Waals surface area (Å²) in [6.45, 7) is 7.89. The molecule has 1 amide bonds. The third-order valence-corrected chi connectivity index (χ3v) is 6.45. The lowest BCUT2D eigenvalue weighted by molar-refractivity contribution is -0.126. The van der Waals surface area contributed by atoms with Gasteiger partial charge in [0.1, 0.15) is 17.8 Å². The van der Waals surface area contributed by atoms with Crippen molar-refractivity contribution >= 4 is 22.8 Å². The van der Waals surface area contributed by atoms with Gasteiger partial charge in [0.15, 0.2) is 0 Å². The van der Waals surface area contributed by atoms with E-state index < -0.39 is 0 Å². The van der Waals surface area contributed by atoms with E-state index in [2.05, 4.69) is 32.6 Å². The topological polar surface area (TPSA) is 74.4 Å². The first kappa shape index (κ1) is 16.7. The molecule has 2 atom stereocenters. The van der Waals surface area contributed by atoms with E-state index in [0.717, 1.165) is 69.0 Å². The van der Waals surface area contributed by atoms with Crippen molar-refractivity contribution in [1.82, 2.24) is 19.9 Å². The summed E-state index contributed by atoms with van der Waals surface area (Å²) in [4.78, 5) is 29.0. The molecule has 2 aromatic heterocycles. The van der Waals surface area contributed by atoms with Crippen LogP contribution in [0.3, 0.4) is 0 Å². The molecule has 0 spiro atoms. The van der Waals surface area contributed by atoms with Crippen LogP contribution in [0.25, 0.3) is 11.0 Å². The first-order chi connectivity index (χ1) is 13.3. The fraction of sp³-hybridized carbons (Fsp3) is 0.550. The fourth-order valence-electron chi connectivity index (χ4n) is 5.07. The molecule has 0 unspecified atom stereocenters. The number of anilines is 1. The van der Waals surface area contributed by atoms with Crippen molar-refractivity contribution in [3.63, 3.8) is 0 Å². The van der Waals surface area contributed by atoms with Gasteiger partial charge in [-0.1, -0.05) is 6.58 Å². The van der Waals surface area contributed by atoms with Gasteiger partial charge in [-0.3, -0.25) is 4.79 Å². The monoisotopic (exact) mass is 367 g/mol. The molecule has 5 rings (SSSR count). The lowest BCUT2D eigenvalue weighted by atomic mass is 9.92. The van der Waals surface area contributed by atoms with Crippen molar-refractivity contribution in [2.24, 2.45) is 5.92 Å². The number of ether oxygens (including phenoxy) is 1. The third kappa shape index (κ3) is 2.72. The van der Waals surface area contributed by atoms with Crippen LogP contribution in [0.2, 0.25) is 0 Å². The Balaban J connectivity index is 1.48. The minimum absolute atomic E-state index is 0.0433. The number of rotatable bonds is 3. The maximum absolute atomic E-state index is 12.2. The fourth-order valence-corrected chi connectivity index (χ4v) is 5.07. The molecule has 3 fully saturated rings. The minimum atomic E-state index is 0.0433. The Hall–Kier alpha value is -2.41. The van der Waals surface area contributed by atoms with Gasteiger partial charge in [-0.15, -0.1) is 0 Å². The second-order valence-corrected chi connectivity index (χ2v) is 7.81. The van der Waals surface area contributed by atoms with E-state index in [1.54, 1.807) is 6.33 Å². The highest BCUT2D eigenvalue weighted by Gasteiger charge is 2.43.